The Labute approximate surface area is 86.6 Å². The van der Waals surface area contributed by atoms with Gasteiger partial charge < -0.3 is 19.9 Å². The third-order valence-electron chi connectivity index (χ3n) is 1.78. The zero-order valence-electron chi connectivity index (χ0n) is 9.45. The largest absolute Gasteiger partial charge is 0.389 e. The molecule has 86 valence electrons. The Morgan fingerprint density at radius 1 is 1.36 bits per heavy atom. The van der Waals surface area contributed by atoms with Crippen LogP contribution >= 0.6 is 0 Å². The second-order valence-corrected chi connectivity index (χ2v) is 3.46. The predicted molar refractivity (Wildman–Crippen MR) is 56.5 cm³/mol. The molecule has 0 aromatic rings. The van der Waals surface area contributed by atoms with Crippen molar-refractivity contribution in [1.82, 2.24) is 5.32 Å². The summed E-state index contributed by atoms with van der Waals surface area (Å²) >= 11 is 0. The van der Waals surface area contributed by atoms with Crippen molar-refractivity contribution in [2.45, 2.75) is 32.5 Å². The summed E-state index contributed by atoms with van der Waals surface area (Å²) in [6, 6.07) is 0. The maximum atomic E-state index is 9.46. The first kappa shape index (κ1) is 13.8. The Balaban J connectivity index is 3.29. The second kappa shape index (κ2) is 9.40. The Kier molecular flexibility index (Phi) is 9.29. The molecule has 4 nitrogen and oxygen atoms in total. The molecule has 0 aromatic heterocycles. The van der Waals surface area contributed by atoms with Crippen molar-refractivity contribution in [2.24, 2.45) is 0 Å². The van der Waals surface area contributed by atoms with Crippen LogP contribution in [0.1, 0.15) is 20.3 Å². The third kappa shape index (κ3) is 8.44. The Morgan fingerprint density at radius 2 is 2.07 bits per heavy atom. The summed E-state index contributed by atoms with van der Waals surface area (Å²) in [4.78, 5) is 0. The SMILES string of the molecule is CCCNCC(O)COC(C)COC. The van der Waals surface area contributed by atoms with Crippen molar-refractivity contribution in [2.75, 3.05) is 33.4 Å². The summed E-state index contributed by atoms with van der Waals surface area (Å²) in [5.41, 5.74) is 0. The van der Waals surface area contributed by atoms with E-state index in [9.17, 15) is 5.11 Å². The van der Waals surface area contributed by atoms with Crippen molar-refractivity contribution in [1.29, 1.82) is 0 Å². The number of aliphatic hydroxyl groups is 1. The molecule has 0 fully saturated rings. The first-order chi connectivity index (χ1) is 6.70. The minimum absolute atomic E-state index is 0.0424. The fraction of sp³-hybridized carbons (Fsp3) is 1.00. The number of hydrogen-bond donors (Lipinski definition) is 2. The maximum Gasteiger partial charge on any atom is 0.0897 e. The summed E-state index contributed by atoms with van der Waals surface area (Å²) in [5.74, 6) is 0. The zero-order chi connectivity index (χ0) is 10.8. The van der Waals surface area contributed by atoms with E-state index in [2.05, 4.69) is 12.2 Å². The second-order valence-electron chi connectivity index (χ2n) is 3.46. The van der Waals surface area contributed by atoms with Crippen LogP contribution in [0.3, 0.4) is 0 Å². The highest BCUT2D eigenvalue weighted by Crippen LogP contribution is 1.93. The topological polar surface area (TPSA) is 50.7 Å². The lowest BCUT2D eigenvalue weighted by Crippen LogP contribution is -2.32. The Hall–Kier alpha value is -0.160. The van der Waals surface area contributed by atoms with E-state index in [0.717, 1.165) is 13.0 Å². The molecule has 2 atom stereocenters. The number of rotatable bonds is 9. The number of hydrogen-bond acceptors (Lipinski definition) is 4. The highest BCUT2D eigenvalue weighted by atomic mass is 16.5. The van der Waals surface area contributed by atoms with Gasteiger partial charge in [0, 0.05) is 13.7 Å². The van der Waals surface area contributed by atoms with Crippen molar-refractivity contribution >= 4 is 0 Å². The Morgan fingerprint density at radius 3 is 2.64 bits per heavy atom. The summed E-state index contributed by atoms with van der Waals surface area (Å²) in [6.45, 7) is 6.47. The van der Waals surface area contributed by atoms with Gasteiger partial charge in [-0.25, -0.2) is 0 Å². The van der Waals surface area contributed by atoms with E-state index in [4.69, 9.17) is 9.47 Å². The number of ether oxygens (including phenoxy) is 2. The summed E-state index contributed by atoms with van der Waals surface area (Å²) in [7, 11) is 1.64. The molecule has 0 rings (SSSR count). The van der Waals surface area contributed by atoms with Crippen molar-refractivity contribution in [3.63, 3.8) is 0 Å². The van der Waals surface area contributed by atoms with Gasteiger partial charge in [0.1, 0.15) is 0 Å². The van der Waals surface area contributed by atoms with E-state index < -0.39 is 6.10 Å². The van der Waals surface area contributed by atoms with Crippen LogP contribution in [0.15, 0.2) is 0 Å². The van der Waals surface area contributed by atoms with Crippen molar-refractivity contribution in [3.8, 4) is 0 Å². The van der Waals surface area contributed by atoms with Gasteiger partial charge in [-0.1, -0.05) is 6.92 Å². The molecule has 2 unspecified atom stereocenters. The lowest BCUT2D eigenvalue weighted by atomic mass is 10.3. The van der Waals surface area contributed by atoms with E-state index in [1.807, 2.05) is 6.92 Å². The van der Waals surface area contributed by atoms with Gasteiger partial charge in [-0.2, -0.15) is 0 Å². The molecule has 0 amide bonds. The van der Waals surface area contributed by atoms with E-state index in [1.165, 1.54) is 0 Å². The molecule has 0 bridgehead atoms. The Bertz CT molecular complexity index is 122. The molecular weight excluding hydrogens is 182 g/mol. The van der Waals surface area contributed by atoms with Crippen molar-refractivity contribution in [3.05, 3.63) is 0 Å². The molecule has 0 aromatic carbocycles. The first-order valence-electron chi connectivity index (χ1n) is 5.20. The van der Waals surface area contributed by atoms with Crippen LogP contribution in [0.2, 0.25) is 0 Å². The molecule has 14 heavy (non-hydrogen) atoms. The molecule has 0 radical (unpaired) electrons. The van der Waals surface area contributed by atoms with Gasteiger partial charge in [-0.05, 0) is 19.9 Å². The van der Waals surface area contributed by atoms with Crippen LogP contribution in [0, 0.1) is 0 Å². The van der Waals surface area contributed by atoms with Gasteiger partial charge in [0.25, 0.3) is 0 Å². The number of nitrogens with one attached hydrogen (secondary N) is 1. The van der Waals surface area contributed by atoms with Gasteiger partial charge in [-0.15, -0.1) is 0 Å². The van der Waals surface area contributed by atoms with Crippen LogP contribution in [0.25, 0.3) is 0 Å². The van der Waals surface area contributed by atoms with Crippen LogP contribution in [-0.4, -0.2) is 50.7 Å². The molecule has 0 heterocycles. The molecule has 0 aliphatic rings. The highest BCUT2D eigenvalue weighted by Gasteiger charge is 2.06. The molecule has 4 heteroatoms. The van der Waals surface area contributed by atoms with Crippen LogP contribution in [0.4, 0.5) is 0 Å². The molecule has 0 aliphatic carbocycles. The van der Waals surface area contributed by atoms with Crippen LogP contribution < -0.4 is 5.32 Å². The summed E-state index contributed by atoms with van der Waals surface area (Å²) in [6.07, 6.45) is 0.690. The number of aliphatic hydroxyl groups excluding tert-OH is 1. The normalized spacial score (nSPS) is 15.4. The fourth-order valence-electron chi connectivity index (χ4n) is 1.06. The smallest absolute Gasteiger partial charge is 0.0897 e. The van der Waals surface area contributed by atoms with Gasteiger partial charge in [0.15, 0.2) is 0 Å². The van der Waals surface area contributed by atoms with Crippen molar-refractivity contribution < 1.29 is 14.6 Å². The summed E-state index contributed by atoms with van der Waals surface area (Å²) in [5, 5.41) is 12.6. The van der Waals surface area contributed by atoms with E-state index >= 15 is 0 Å². The molecule has 0 saturated heterocycles. The fourth-order valence-corrected chi connectivity index (χ4v) is 1.06. The molecule has 2 N–H and O–H groups in total. The molecule has 0 spiro atoms. The van der Waals surface area contributed by atoms with Gasteiger partial charge >= 0.3 is 0 Å². The predicted octanol–water partition coefficient (Wildman–Crippen LogP) is 0.398. The molecule has 0 saturated carbocycles. The highest BCUT2D eigenvalue weighted by molar-refractivity contribution is 4.59. The molecular formula is C10H23NO3. The van der Waals surface area contributed by atoms with Crippen LogP contribution in [-0.2, 0) is 9.47 Å². The van der Waals surface area contributed by atoms with E-state index in [0.29, 0.717) is 19.8 Å². The molecule has 0 aliphatic heterocycles. The maximum absolute atomic E-state index is 9.46. The average Bonchev–Trinajstić information content (AvgIpc) is 2.16. The van der Waals surface area contributed by atoms with E-state index in [-0.39, 0.29) is 6.10 Å². The first-order valence-corrected chi connectivity index (χ1v) is 5.20. The third-order valence-corrected chi connectivity index (χ3v) is 1.78. The summed E-state index contributed by atoms with van der Waals surface area (Å²) < 4.78 is 10.3. The standard InChI is InChI=1S/C10H23NO3/c1-4-5-11-6-10(12)8-14-9(2)7-13-3/h9-12H,4-8H2,1-3H3. The minimum Gasteiger partial charge on any atom is -0.389 e. The quantitative estimate of drug-likeness (QED) is 0.535. The zero-order valence-corrected chi connectivity index (χ0v) is 9.45. The minimum atomic E-state index is -0.430. The average molecular weight is 205 g/mol. The van der Waals surface area contributed by atoms with Gasteiger partial charge in [-0.3, -0.25) is 0 Å². The van der Waals surface area contributed by atoms with E-state index in [1.54, 1.807) is 7.11 Å². The lowest BCUT2D eigenvalue weighted by Gasteiger charge is -2.16. The monoisotopic (exact) mass is 205 g/mol. The number of methoxy groups -OCH3 is 1. The lowest BCUT2D eigenvalue weighted by molar-refractivity contribution is -0.0310. The van der Waals surface area contributed by atoms with Crippen LogP contribution in [0.5, 0.6) is 0 Å². The van der Waals surface area contributed by atoms with Gasteiger partial charge in [0.05, 0.1) is 25.4 Å². The van der Waals surface area contributed by atoms with Gasteiger partial charge in [0.2, 0.25) is 0 Å².